The monoisotopic (exact) mass is 279 g/mol. The summed E-state index contributed by atoms with van der Waals surface area (Å²) in [5.41, 5.74) is 0. The van der Waals surface area contributed by atoms with Crippen molar-refractivity contribution in [3.8, 4) is 0 Å². The maximum Gasteiger partial charge on any atom is 0.439 e. The van der Waals surface area contributed by atoms with Gasteiger partial charge in [0.05, 0.1) is 13.7 Å². The van der Waals surface area contributed by atoms with Gasteiger partial charge in [0.1, 0.15) is 0 Å². The Morgan fingerprint density at radius 2 is 1.95 bits per heavy atom. The molecule has 19 heavy (non-hydrogen) atoms. The molecule has 0 N–H and O–H groups in total. The fourth-order valence-corrected chi connectivity index (χ4v) is 2.48. The minimum atomic E-state index is -3.32. The van der Waals surface area contributed by atoms with Crippen LogP contribution in [0.3, 0.4) is 0 Å². The molecule has 4 nitrogen and oxygen atoms in total. The van der Waals surface area contributed by atoms with E-state index in [0.717, 1.165) is 32.8 Å². The predicted octanol–water partition coefficient (Wildman–Crippen LogP) is 3.96. The van der Waals surface area contributed by atoms with E-state index in [4.69, 9.17) is 0 Å². The molecule has 0 saturated heterocycles. The van der Waals surface area contributed by atoms with Crippen LogP contribution < -0.4 is 0 Å². The Balaban J connectivity index is 2.48. The molecule has 1 amide bonds. The Morgan fingerprint density at radius 1 is 1.32 bits per heavy atom. The van der Waals surface area contributed by atoms with Crippen LogP contribution in [0.4, 0.5) is 13.6 Å². The van der Waals surface area contributed by atoms with Gasteiger partial charge < -0.3 is 4.74 Å². The van der Waals surface area contributed by atoms with Crippen LogP contribution in [0.15, 0.2) is 0 Å². The van der Waals surface area contributed by atoms with Gasteiger partial charge in [-0.15, -0.1) is 5.06 Å². The number of ether oxygens (including phenoxy) is 1. The summed E-state index contributed by atoms with van der Waals surface area (Å²) in [5, 5.41) is 0.0410. The lowest BCUT2D eigenvalue weighted by atomic mass is 9.86. The van der Waals surface area contributed by atoms with Crippen LogP contribution in [0.5, 0.6) is 0 Å². The Labute approximate surface area is 113 Å². The molecule has 0 radical (unpaired) electrons. The number of hydrogen-bond donors (Lipinski definition) is 0. The van der Waals surface area contributed by atoms with E-state index >= 15 is 0 Å². The Bertz CT molecular complexity index is 281. The number of amides is 1. The van der Waals surface area contributed by atoms with Crippen LogP contribution in [0.25, 0.3) is 0 Å². The molecule has 0 aromatic heterocycles. The highest BCUT2D eigenvalue weighted by molar-refractivity contribution is 5.66. The van der Waals surface area contributed by atoms with Gasteiger partial charge in [-0.05, 0) is 19.3 Å². The van der Waals surface area contributed by atoms with Gasteiger partial charge in [0, 0.05) is 6.42 Å². The molecule has 1 aliphatic rings. The van der Waals surface area contributed by atoms with Crippen LogP contribution in [0, 0.1) is 5.92 Å². The number of halogens is 2. The molecule has 0 aromatic carbocycles. The summed E-state index contributed by atoms with van der Waals surface area (Å²) < 4.78 is 32.4. The van der Waals surface area contributed by atoms with Crippen LogP contribution in [-0.2, 0) is 9.57 Å². The zero-order chi connectivity index (χ0) is 14.3. The van der Waals surface area contributed by atoms with Crippen molar-refractivity contribution in [3.05, 3.63) is 0 Å². The zero-order valence-electron chi connectivity index (χ0n) is 11.7. The average molecular weight is 279 g/mol. The average Bonchev–Trinajstić information content (AvgIpc) is 2.38. The minimum Gasteiger partial charge on any atom is -0.448 e. The van der Waals surface area contributed by atoms with Gasteiger partial charge in [-0.3, -0.25) is 4.84 Å². The van der Waals surface area contributed by atoms with E-state index in [0.29, 0.717) is 12.3 Å². The van der Waals surface area contributed by atoms with Gasteiger partial charge in [0.25, 0.3) is 0 Å². The Hall–Kier alpha value is -0.910. The highest BCUT2D eigenvalue weighted by Gasteiger charge is 2.42. The number of rotatable bonds is 6. The molecule has 0 bridgehead atoms. The summed E-state index contributed by atoms with van der Waals surface area (Å²) >= 11 is 0. The molecule has 0 unspecified atom stereocenters. The van der Waals surface area contributed by atoms with Crippen LogP contribution in [0.2, 0.25) is 0 Å². The van der Waals surface area contributed by atoms with E-state index < -0.39 is 12.1 Å². The van der Waals surface area contributed by atoms with E-state index in [-0.39, 0.29) is 18.1 Å². The molecule has 0 heterocycles. The normalized spacial score (nSPS) is 17.3. The van der Waals surface area contributed by atoms with E-state index in [1.54, 1.807) is 6.92 Å². The van der Waals surface area contributed by atoms with Crippen molar-refractivity contribution in [2.24, 2.45) is 5.92 Å². The molecular formula is C13H23F2NO3. The minimum absolute atomic E-state index is 0.0391. The number of hydrogen-bond acceptors (Lipinski definition) is 3. The van der Waals surface area contributed by atoms with Gasteiger partial charge in [-0.2, -0.15) is 8.78 Å². The molecule has 0 atom stereocenters. The molecule has 1 saturated carbocycles. The van der Waals surface area contributed by atoms with Gasteiger partial charge >= 0.3 is 12.1 Å². The predicted molar refractivity (Wildman–Crippen MR) is 66.6 cm³/mol. The largest absolute Gasteiger partial charge is 0.448 e. The fraction of sp³-hybridized carbons (Fsp3) is 0.923. The maximum atomic E-state index is 13.9. The van der Waals surface area contributed by atoms with E-state index in [1.165, 1.54) is 6.42 Å². The highest BCUT2D eigenvalue weighted by atomic mass is 19.3. The molecule has 1 fully saturated rings. The molecule has 6 heteroatoms. The molecule has 0 aromatic rings. The van der Waals surface area contributed by atoms with Crippen molar-refractivity contribution in [3.63, 3.8) is 0 Å². The lowest BCUT2D eigenvalue weighted by Crippen LogP contribution is -2.45. The quantitative estimate of drug-likeness (QED) is 0.545. The topological polar surface area (TPSA) is 38.8 Å². The molecular weight excluding hydrogens is 256 g/mol. The first-order valence-corrected chi connectivity index (χ1v) is 6.90. The zero-order valence-corrected chi connectivity index (χ0v) is 11.7. The van der Waals surface area contributed by atoms with Gasteiger partial charge in [-0.1, -0.05) is 32.1 Å². The van der Waals surface area contributed by atoms with Crippen LogP contribution >= 0.6 is 0 Å². The highest BCUT2D eigenvalue weighted by Crippen LogP contribution is 2.33. The Kier molecular flexibility index (Phi) is 6.48. The lowest BCUT2D eigenvalue weighted by molar-refractivity contribution is -0.280. The summed E-state index contributed by atoms with van der Waals surface area (Å²) in [6.45, 7) is 1.60. The van der Waals surface area contributed by atoms with E-state index in [2.05, 4.69) is 9.57 Å². The van der Waals surface area contributed by atoms with Crippen molar-refractivity contribution in [2.45, 2.75) is 57.9 Å². The maximum absolute atomic E-state index is 13.9. The van der Waals surface area contributed by atoms with Crippen molar-refractivity contribution >= 4 is 6.09 Å². The summed E-state index contributed by atoms with van der Waals surface area (Å²) in [6.07, 6.45) is 4.31. The number of alkyl halides is 2. The summed E-state index contributed by atoms with van der Waals surface area (Å²) in [5.74, 6) is 0.334. The first-order chi connectivity index (χ1) is 9.01. The van der Waals surface area contributed by atoms with E-state index in [9.17, 15) is 13.6 Å². The third kappa shape index (κ3) is 4.93. The first-order valence-electron chi connectivity index (χ1n) is 6.90. The van der Waals surface area contributed by atoms with Gasteiger partial charge in [-0.25, -0.2) is 4.79 Å². The second-order valence-corrected chi connectivity index (χ2v) is 4.88. The number of nitrogens with zero attached hydrogens (tertiary/aromatic N) is 1. The summed E-state index contributed by atoms with van der Waals surface area (Å²) in [6, 6.07) is -3.32. The third-order valence-electron chi connectivity index (χ3n) is 3.49. The molecule has 0 aliphatic heterocycles. The number of carbonyl (C=O) groups is 1. The number of carbonyl (C=O) groups excluding carboxylic acids is 1. The molecule has 1 rings (SSSR count). The molecule has 0 spiro atoms. The van der Waals surface area contributed by atoms with Gasteiger partial charge in [0.2, 0.25) is 0 Å². The van der Waals surface area contributed by atoms with Crippen LogP contribution in [-0.4, -0.2) is 30.9 Å². The Morgan fingerprint density at radius 3 is 2.47 bits per heavy atom. The van der Waals surface area contributed by atoms with Crippen molar-refractivity contribution < 1.29 is 23.1 Å². The molecule has 112 valence electrons. The second-order valence-electron chi connectivity index (χ2n) is 4.88. The summed E-state index contributed by atoms with van der Waals surface area (Å²) in [4.78, 5) is 15.8. The van der Waals surface area contributed by atoms with Crippen LogP contribution in [0.1, 0.15) is 51.9 Å². The first kappa shape index (κ1) is 16.1. The number of hydroxylamine groups is 2. The smallest absolute Gasteiger partial charge is 0.439 e. The SMILES string of the molecule is CCOC(=O)N(OC)C(F)(F)CCC1CCCCC1. The molecule has 1 aliphatic carbocycles. The third-order valence-corrected chi connectivity index (χ3v) is 3.49. The lowest BCUT2D eigenvalue weighted by Gasteiger charge is -2.29. The van der Waals surface area contributed by atoms with Crippen molar-refractivity contribution in [2.75, 3.05) is 13.7 Å². The van der Waals surface area contributed by atoms with Crippen molar-refractivity contribution in [1.82, 2.24) is 5.06 Å². The second kappa shape index (κ2) is 7.62. The van der Waals surface area contributed by atoms with E-state index in [1.807, 2.05) is 0 Å². The van der Waals surface area contributed by atoms with Gasteiger partial charge in [0.15, 0.2) is 0 Å². The summed E-state index contributed by atoms with van der Waals surface area (Å²) in [7, 11) is 1.05. The van der Waals surface area contributed by atoms with Crippen molar-refractivity contribution in [1.29, 1.82) is 0 Å². The fourth-order valence-electron chi connectivity index (χ4n) is 2.48. The standard InChI is InChI=1S/C13H23F2NO3/c1-3-19-12(17)16(18-2)13(14,15)10-9-11-7-5-4-6-8-11/h11H,3-10H2,1-2H3.